The summed E-state index contributed by atoms with van der Waals surface area (Å²) in [6.07, 6.45) is 2.55. The van der Waals surface area contributed by atoms with E-state index < -0.39 is 11.9 Å². The largest absolute Gasteiger partial charge is 0.494 e. The van der Waals surface area contributed by atoms with Crippen LogP contribution in [0, 0.1) is 13.8 Å². The second-order valence-corrected chi connectivity index (χ2v) is 12.8. The van der Waals surface area contributed by atoms with Crippen LogP contribution in [0.4, 0.5) is 0 Å². The molecule has 17 heteroatoms. The van der Waals surface area contributed by atoms with Gasteiger partial charge in [-0.1, -0.05) is 42.5 Å². The normalized spacial score (nSPS) is 17.1. The lowest BCUT2D eigenvalue weighted by atomic mass is 9.94. The Morgan fingerprint density at radius 1 is 0.962 bits per heavy atom. The average Bonchev–Trinajstić information content (AvgIpc) is 3.88. The van der Waals surface area contributed by atoms with Gasteiger partial charge in [0, 0.05) is 50.8 Å². The molecule has 0 spiro atoms. The Morgan fingerprint density at radius 2 is 1.77 bits per heavy atom. The van der Waals surface area contributed by atoms with Crippen molar-refractivity contribution >= 4 is 23.6 Å². The molecule has 4 amide bonds. The molecule has 5 heterocycles. The summed E-state index contributed by atoms with van der Waals surface area (Å²) in [4.78, 5) is 66.9. The highest BCUT2D eigenvalue weighted by Crippen LogP contribution is 2.37. The molecule has 274 valence electrons. The van der Waals surface area contributed by atoms with Gasteiger partial charge in [-0.25, -0.2) is 9.97 Å². The van der Waals surface area contributed by atoms with Crippen LogP contribution in [-0.2, 0) is 33.9 Å². The predicted molar refractivity (Wildman–Crippen MR) is 187 cm³/mol. The van der Waals surface area contributed by atoms with Crippen molar-refractivity contribution in [3.8, 4) is 17.1 Å². The molecular formula is C36H39N11O6. The molecule has 3 aromatic heterocycles. The van der Waals surface area contributed by atoms with E-state index in [0.29, 0.717) is 61.4 Å². The first-order chi connectivity index (χ1) is 25.7. The fourth-order valence-corrected chi connectivity index (χ4v) is 6.54. The number of aromatic nitrogens is 7. The van der Waals surface area contributed by atoms with E-state index in [1.54, 1.807) is 29.6 Å². The third-order valence-electron chi connectivity index (χ3n) is 9.05. The van der Waals surface area contributed by atoms with Crippen molar-refractivity contribution in [2.45, 2.75) is 45.8 Å². The smallest absolute Gasteiger partial charge is 0.292 e. The first-order valence-corrected chi connectivity index (χ1v) is 17.4. The highest BCUT2D eigenvalue weighted by molar-refractivity contribution is 5.93. The number of hydrogen-bond acceptors (Lipinski definition) is 11. The molecule has 2 N–H and O–H groups in total. The lowest BCUT2D eigenvalue weighted by molar-refractivity contribution is -0.137. The molecule has 7 rings (SSSR count). The van der Waals surface area contributed by atoms with Crippen molar-refractivity contribution in [1.29, 1.82) is 0 Å². The number of carbonyl (C=O) groups is 4. The lowest BCUT2D eigenvalue weighted by Crippen LogP contribution is -2.46. The third kappa shape index (κ3) is 7.93. The number of fused-ring (bicyclic) bond motifs is 3. The van der Waals surface area contributed by atoms with E-state index in [1.165, 1.54) is 9.70 Å². The van der Waals surface area contributed by atoms with E-state index in [-0.39, 0.29) is 56.2 Å². The minimum Gasteiger partial charge on any atom is -0.494 e. The summed E-state index contributed by atoms with van der Waals surface area (Å²) in [5, 5.41) is 18.1. The van der Waals surface area contributed by atoms with Gasteiger partial charge in [0.1, 0.15) is 24.9 Å². The van der Waals surface area contributed by atoms with E-state index in [4.69, 9.17) is 14.1 Å². The summed E-state index contributed by atoms with van der Waals surface area (Å²) in [5.74, 6) is 0.142. The summed E-state index contributed by atoms with van der Waals surface area (Å²) in [5.41, 5.74) is 3.51. The molecular weight excluding hydrogens is 682 g/mol. The number of oxazole rings is 1. The summed E-state index contributed by atoms with van der Waals surface area (Å²) < 4.78 is 13.6. The SMILES string of the molecule is Cc1nc(C)c(C(=O)N2CCc3c4ncn3CC(=O)NCCN(C(=O)Cn3nnc(-c5ccccc5)n3)CC(=O)NCCCOc3cccc(c3)C42)o1. The topological polar surface area (TPSA) is 196 Å². The zero-order valence-electron chi connectivity index (χ0n) is 29.4. The number of carbonyl (C=O) groups excluding carboxylic acids is 4. The van der Waals surface area contributed by atoms with Gasteiger partial charge in [-0.3, -0.25) is 19.2 Å². The molecule has 5 aromatic rings. The van der Waals surface area contributed by atoms with Crippen molar-refractivity contribution in [2.75, 3.05) is 39.3 Å². The second kappa shape index (κ2) is 15.5. The summed E-state index contributed by atoms with van der Waals surface area (Å²) in [7, 11) is 0. The van der Waals surface area contributed by atoms with Crippen molar-refractivity contribution < 1.29 is 28.3 Å². The third-order valence-corrected chi connectivity index (χ3v) is 9.05. The molecule has 2 aliphatic heterocycles. The van der Waals surface area contributed by atoms with Gasteiger partial charge in [0.15, 0.2) is 5.89 Å². The monoisotopic (exact) mass is 721 g/mol. The number of nitrogens with one attached hydrogen (secondary N) is 2. The van der Waals surface area contributed by atoms with Gasteiger partial charge in [-0.05, 0) is 36.3 Å². The number of amides is 4. The standard InChI is InChI=1S/C36H39N11O6/c1-23-34(53-24(2)40-23)36(51)46-15-12-28-32-33(46)26-10-6-11-27(18-26)52-17-7-13-37-29(48)19-44(16-14-38-30(49)20-45(28)22-39-32)31(50)21-47-42-35(41-43-47)25-8-4-3-5-9-25/h3-6,8-11,18,22,33H,7,12-17,19-21H2,1-2H3,(H,37,48)(H,38,49). The Bertz CT molecular complexity index is 2120. The Labute approximate surface area is 304 Å². The highest BCUT2D eigenvalue weighted by atomic mass is 16.5. The molecule has 1 atom stereocenters. The summed E-state index contributed by atoms with van der Waals surface area (Å²) >= 11 is 0. The zero-order valence-corrected chi connectivity index (χ0v) is 29.4. The molecule has 0 saturated heterocycles. The maximum atomic E-state index is 13.9. The fraction of sp³-hybridized carbons (Fsp3) is 0.361. The minimum absolute atomic E-state index is 0.0356. The number of hydrogen-bond donors (Lipinski definition) is 2. The minimum atomic E-state index is -0.586. The molecule has 0 aliphatic carbocycles. The lowest BCUT2D eigenvalue weighted by Gasteiger charge is -2.35. The second-order valence-electron chi connectivity index (χ2n) is 12.8. The Hall–Kier alpha value is -6.39. The van der Waals surface area contributed by atoms with Crippen molar-refractivity contribution in [1.82, 2.24) is 55.2 Å². The van der Waals surface area contributed by atoms with E-state index in [1.807, 2.05) is 54.6 Å². The van der Waals surface area contributed by atoms with Crippen molar-refractivity contribution in [2.24, 2.45) is 0 Å². The number of benzene rings is 2. The van der Waals surface area contributed by atoms with Crippen LogP contribution in [0.2, 0.25) is 0 Å². The molecule has 6 bridgehead atoms. The van der Waals surface area contributed by atoms with Crippen LogP contribution in [-0.4, -0.2) is 108 Å². The van der Waals surface area contributed by atoms with Crippen LogP contribution in [0.25, 0.3) is 11.4 Å². The van der Waals surface area contributed by atoms with E-state index >= 15 is 0 Å². The zero-order chi connectivity index (χ0) is 36.9. The van der Waals surface area contributed by atoms with Crippen LogP contribution < -0.4 is 15.4 Å². The summed E-state index contributed by atoms with van der Waals surface area (Å²) in [6.45, 7) is 4.06. The van der Waals surface area contributed by atoms with Crippen molar-refractivity contribution in [3.63, 3.8) is 0 Å². The Morgan fingerprint density at radius 3 is 2.58 bits per heavy atom. The van der Waals surface area contributed by atoms with Gasteiger partial charge in [0.2, 0.25) is 29.3 Å². The van der Waals surface area contributed by atoms with Gasteiger partial charge in [0.25, 0.3) is 5.91 Å². The van der Waals surface area contributed by atoms with Gasteiger partial charge < -0.3 is 34.2 Å². The van der Waals surface area contributed by atoms with Gasteiger partial charge in [-0.15, -0.1) is 10.2 Å². The predicted octanol–water partition coefficient (Wildman–Crippen LogP) is 1.47. The molecule has 53 heavy (non-hydrogen) atoms. The average molecular weight is 722 g/mol. The molecule has 0 saturated carbocycles. The molecule has 17 nitrogen and oxygen atoms in total. The van der Waals surface area contributed by atoms with Crippen LogP contribution in [0.5, 0.6) is 5.75 Å². The first kappa shape index (κ1) is 35.0. The fourth-order valence-electron chi connectivity index (χ4n) is 6.54. The van der Waals surface area contributed by atoms with Crippen LogP contribution in [0.3, 0.4) is 0 Å². The van der Waals surface area contributed by atoms with Gasteiger partial charge in [-0.2, -0.15) is 4.80 Å². The Kier molecular flexibility index (Phi) is 10.2. The number of aryl methyl sites for hydroxylation is 2. The molecule has 0 fully saturated rings. The van der Waals surface area contributed by atoms with Crippen molar-refractivity contribution in [3.05, 3.63) is 95.2 Å². The van der Waals surface area contributed by atoms with Gasteiger partial charge in [0.05, 0.1) is 30.9 Å². The first-order valence-electron chi connectivity index (χ1n) is 17.4. The van der Waals surface area contributed by atoms with E-state index in [0.717, 1.165) is 16.8 Å². The number of imidazole rings is 1. The number of nitrogens with zero attached hydrogens (tertiary/aromatic N) is 9. The van der Waals surface area contributed by atoms with Crippen LogP contribution in [0.1, 0.15) is 51.6 Å². The highest BCUT2D eigenvalue weighted by Gasteiger charge is 2.38. The number of ether oxygens (including phenoxy) is 1. The molecule has 2 aliphatic rings. The quantitative estimate of drug-likeness (QED) is 0.273. The number of rotatable bonds is 4. The van der Waals surface area contributed by atoms with E-state index in [2.05, 4.69) is 31.0 Å². The molecule has 2 aromatic carbocycles. The molecule has 1 unspecified atom stereocenters. The van der Waals surface area contributed by atoms with Crippen LogP contribution >= 0.6 is 0 Å². The molecule has 0 radical (unpaired) electrons. The van der Waals surface area contributed by atoms with Gasteiger partial charge >= 0.3 is 0 Å². The maximum absolute atomic E-state index is 13.9. The van der Waals surface area contributed by atoms with E-state index in [9.17, 15) is 19.2 Å². The van der Waals surface area contributed by atoms with Crippen LogP contribution in [0.15, 0.2) is 65.3 Å². The Balaban J connectivity index is 1.11. The maximum Gasteiger partial charge on any atom is 0.292 e. The number of tetrazole rings is 1. The summed E-state index contributed by atoms with van der Waals surface area (Å²) in [6, 6.07) is 16.1.